The number of oxime groups is 1. The Balaban J connectivity index is 1.34. The number of thioether (sulfide) groups is 1. The zero-order valence-corrected chi connectivity index (χ0v) is 18.7. The lowest BCUT2D eigenvalue weighted by Crippen LogP contribution is -2.29. The Morgan fingerprint density at radius 1 is 1.12 bits per heavy atom. The zero-order chi connectivity index (χ0) is 22.6. The number of amidine groups is 1. The molecule has 0 aliphatic carbocycles. The molecule has 0 spiro atoms. The Bertz CT molecular complexity index is 1010. The first-order valence-corrected chi connectivity index (χ1v) is 11.1. The number of carbonyl (C=O) groups is 1. The molecule has 1 heterocycles. The third kappa shape index (κ3) is 7.96. The molecule has 2 aromatic carbocycles. The molecule has 0 bridgehead atoms. The maximum absolute atomic E-state index is 11.9. The number of pyridine rings is 1. The normalized spacial score (nSPS) is 11.1. The molecule has 0 aliphatic heterocycles. The number of nitrogens with two attached hydrogens (primary N) is 1. The van der Waals surface area contributed by atoms with E-state index in [2.05, 4.69) is 46.6 Å². The van der Waals surface area contributed by atoms with Crippen LogP contribution < -0.4 is 15.8 Å². The van der Waals surface area contributed by atoms with Crippen molar-refractivity contribution in [2.75, 3.05) is 18.9 Å². The molecule has 3 aromatic rings. The van der Waals surface area contributed by atoms with Gasteiger partial charge in [0.25, 0.3) is 5.91 Å². The highest BCUT2D eigenvalue weighted by Crippen LogP contribution is 2.17. The van der Waals surface area contributed by atoms with Crippen molar-refractivity contribution >= 4 is 23.5 Å². The fraction of sp³-hybridized carbons (Fsp3) is 0.208. The van der Waals surface area contributed by atoms with Gasteiger partial charge < -0.3 is 20.6 Å². The van der Waals surface area contributed by atoms with Gasteiger partial charge in [-0.2, -0.15) is 0 Å². The Morgan fingerprint density at radius 3 is 2.62 bits per heavy atom. The summed E-state index contributed by atoms with van der Waals surface area (Å²) in [6.45, 7) is 2.83. The van der Waals surface area contributed by atoms with E-state index in [1.54, 1.807) is 48.4 Å². The first kappa shape index (κ1) is 23.1. The molecular weight excluding hydrogens is 424 g/mol. The molecule has 0 radical (unpaired) electrons. The van der Waals surface area contributed by atoms with Crippen LogP contribution in [-0.2, 0) is 16.2 Å². The van der Waals surface area contributed by atoms with Gasteiger partial charge in [0.15, 0.2) is 12.4 Å². The van der Waals surface area contributed by atoms with Gasteiger partial charge >= 0.3 is 0 Å². The average molecular weight is 451 g/mol. The summed E-state index contributed by atoms with van der Waals surface area (Å²) in [5.74, 6) is 1.42. The Morgan fingerprint density at radius 2 is 1.91 bits per heavy atom. The number of nitrogens with zero attached hydrogens (tertiary/aromatic N) is 2. The van der Waals surface area contributed by atoms with E-state index in [9.17, 15) is 4.79 Å². The zero-order valence-electron chi connectivity index (χ0n) is 17.9. The standard InChI is InChI=1S/C24H26N4O3S/c1-18-4-10-22(11-5-18)32-14-13-27-23(29)17-31-28-24(25)20-6-8-21(9-7-20)30-16-19-3-2-12-26-15-19/h2-12,15H,13-14,16-17H2,1H3,(H2,25,28)(H,27,29). The Labute approximate surface area is 192 Å². The molecular formula is C24H26N4O3S. The van der Waals surface area contributed by atoms with Crippen LogP contribution in [0.15, 0.2) is 83.1 Å². The van der Waals surface area contributed by atoms with E-state index in [0.29, 0.717) is 24.5 Å². The lowest BCUT2D eigenvalue weighted by Gasteiger charge is -2.07. The van der Waals surface area contributed by atoms with Crippen molar-refractivity contribution in [3.8, 4) is 5.75 Å². The lowest BCUT2D eigenvalue weighted by molar-refractivity contribution is -0.125. The Kier molecular flexibility index (Phi) is 8.94. The van der Waals surface area contributed by atoms with Gasteiger partial charge in [-0.3, -0.25) is 9.78 Å². The van der Waals surface area contributed by atoms with E-state index in [1.807, 2.05) is 12.1 Å². The molecule has 0 aliphatic rings. The van der Waals surface area contributed by atoms with Crippen LogP contribution in [0.3, 0.4) is 0 Å². The molecule has 166 valence electrons. The van der Waals surface area contributed by atoms with Gasteiger partial charge in [0.2, 0.25) is 0 Å². The number of rotatable bonds is 11. The third-order valence-electron chi connectivity index (χ3n) is 4.35. The first-order valence-electron chi connectivity index (χ1n) is 10.1. The minimum atomic E-state index is -0.245. The van der Waals surface area contributed by atoms with Crippen molar-refractivity contribution in [3.63, 3.8) is 0 Å². The third-order valence-corrected chi connectivity index (χ3v) is 5.36. The summed E-state index contributed by atoms with van der Waals surface area (Å²) in [7, 11) is 0. The second-order valence-electron chi connectivity index (χ2n) is 6.94. The van der Waals surface area contributed by atoms with E-state index in [-0.39, 0.29) is 18.3 Å². The molecule has 7 nitrogen and oxygen atoms in total. The Hall–Kier alpha value is -3.52. The van der Waals surface area contributed by atoms with Gasteiger partial charge in [-0.1, -0.05) is 28.9 Å². The molecule has 0 fully saturated rings. The van der Waals surface area contributed by atoms with Crippen LogP contribution in [0.5, 0.6) is 5.75 Å². The van der Waals surface area contributed by atoms with E-state index in [4.69, 9.17) is 15.3 Å². The van der Waals surface area contributed by atoms with Crippen LogP contribution in [-0.4, -0.2) is 35.6 Å². The highest BCUT2D eigenvalue weighted by atomic mass is 32.2. The van der Waals surface area contributed by atoms with Crippen LogP contribution in [0, 0.1) is 6.92 Å². The maximum Gasteiger partial charge on any atom is 0.260 e. The molecule has 1 amide bonds. The largest absolute Gasteiger partial charge is 0.489 e. The summed E-state index contributed by atoms with van der Waals surface area (Å²) in [6, 6.07) is 19.3. The van der Waals surface area contributed by atoms with Crippen molar-refractivity contribution in [3.05, 3.63) is 89.7 Å². The smallest absolute Gasteiger partial charge is 0.260 e. The van der Waals surface area contributed by atoms with Gasteiger partial charge in [0, 0.05) is 40.7 Å². The second kappa shape index (κ2) is 12.4. The fourth-order valence-electron chi connectivity index (χ4n) is 2.63. The van der Waals surface area contributed by atoms with E-state index in [0.717, 1.165) is 11.3 Å². The van der Waals surface area contributed by atoms with Gasteiger partial charge in [0.1, 0.15) is 12.4 Å². The molecule has 0 saturated heterocycles. The summed E-state index contributed by atoms with van der Waals surface area (Å²) in [5, 5.41) is 6.62. The SMILES string of the molecule is Cc1ccc(SCCNC(=O)CO/N=C(/N)c2ccc(OCc3cccnc3)cc2)cc1. The predicted octanol–water partition coefficient (Wildman–Crippen LogP) is 3.51. The average Bonchev–Trinajstić information content (AvgIpc) is 2.82. The summed E-state index contributed by atoms with van der Waals surface area (Å²) < 4.78 is 5.71. The van der Waals surface area contributed by atoms with Crippen LogP contribution in [0.4, 0.5) is 0 Å². The molecule has 0 saturated carbocycles. The fourth-order valence-corrected chi connectivity index (χ4v) is 3.40. The van der Waals surface area contributed by atoms with Crippen molar-refractivity contribution in [1.82, 2.24) is 10.3 Å². The number of carbonyl (C=O) groups excluding carboxylic acids is 1. The summed E-state index contributed by atoms with van der Waals surface area (Å²) in [4.78, 5) is 22.2. The topological polar surface area (TPSA) is 98.8 Å². The van der Waals surface area contributed by atoms with E-state index >= 15 is 0 Å². The molecule has 3 N–H and O–H groups in total. The second-order valence-corrected chi connectivity index (χ2v) is 8.10. The minimum Gasteiger partial charge on any atom is -0.489 e. The van der Waals surface area contributed by atoms with Crippen LogP contribution in [0.25, 0.3) is 0 Å². The quantitative estimate of drug-likeness (QED) is 0.152. The number of hydrogen-bond donors (Lipinski definition) is 2. The minimum absolute atomic E-state index is 0.187. The maximum atomic E-state index is 11.9. The lowest BCUT2D eigenvalue weighted by atomic mass is 10.2. The summed E-state index contributed by atoms with van der Waals surface area (Å²) in [5.41, 5.74) is 8.82. The summed E-state index contributed by atoms with van der Waals surface area (Å²) in [6.07, 6.45) is 3.48. The molecule has 0 atom stereocenters. The molecule has 8 heteroatoms. The monoisotopic (exact) mass is 450 g/mol. The van der Waals surface area contributed by atoms with E-state index < -0.39 is 0 Å². The number of hydrogen-bond acceptors (Lipinski definition) is 6. The number of benzene rings is 2. The van der Waals surface area contributed by atoms with Crippen molar-refractivity contribution in [2.45, 2.75) is 18.4 Å². The van der Waals surface area contributed by atoms with Gasteiger partial charge in [-0.05, 0) is 49.4 Å². The van der Waals surface area contributed by atoms with E-state index in [1.165, 1.54) is 10.5 Å². The van der Waals surface area contributed by atoms with Crippen LogP contribution in [0.2, 0.25) is 0 Å². The predicted molar refractivity (Wildman–Crippen MR) is 127 cm³/mol. The molecule has 1 aromatic heterocycles. The van der Waals surface area contributed by atoms with Crippen LogP contribution in [0.1, 0.15) is 16.7 Å². The number of aromatic nitrogens is 1. The van der Waals surface area contributed by atoms with Gasteiger partial charge in [0.05, 0.1) is 0 Å². The molecule has 32 heavy (non-hydrogen) atoms. The highest BCUT2D eigenvalue weighted by molar-refractivity contribution is 7.99. The number of aryl methyl sites for hydroxylation is 1. The first-order chi connectivity index (χ1) is 15.6. The van der Waals surface area contributed by atoms with Crippen LogP contribution >= 0.6 is 11.8 Å². The number of amides is 1. The van der Waals surface area contributed by atoms with Gasteiger partial charge in [-0.15, -0.1) is 11.8 Å². The number of nitrogens with one attached hydrogen (secondary N) is 1. The van der Waals surface area contributed by atoms with Gasteiger partial charge in [-0.25, -0.2) is 0 Å². The number of ether oxygens (including phenoxy) is 1. The molecule has 3 rings (SSSR count). The van der Waals surface area contributed by atoms with Crippen molar-refractivity contribution in [1.29, 1.82) is 0 Å². The summed E-state index contributed by atoms with van der Waals surface area (Å²) >= 11 is 1.68. The highest BCUT2D eigenvalue weighted by Gasteiger charge is 2.04. The van der Waals surface area contributed by atoms with Crippen molar-refractivity contribution < 1.29 is 14.4 Å². The molecule has 0 unspecified atom stereocenters. The van der Waals surface area contributed by atoms with Crippen molar-refractivity contribution in [2.24, 2.45) is 10.9 Å².